The van der Waals surface area contributed by atoms with Crippen molar-refractivity contribution in [2.24, 2.45) is 0 Å². The number of benzene rings is 2. The Bertz CT molecular complexity index is 509. The summed E-state index contributed by atoms with van der Waals surface area (Å²) in [7, 11) is -1.98. The van der Waals surface area contributed by atoms with Gasteiger partial charge >= 0.3 is 6.08 Å². The van der Waals surface area contributed by atoms with Gasteiger partial charge in [0.25, 0.3) is 0 Å². The molecule has 98 valence electrons. The van der Waals surface area contributed by atoms with Crippen molar-refractivity contribution in [2.75, 3.05) is 0 Å². The van der Waals surface area contributed by atoms with E-state index in [4.69, 9.17) is 0 Å². The minimum atomic E-state index is -2.20. The summed E-state index contributed by atoms with van der Waals surface area (Å²) in [6, 6.07) is 18.5. The van der Waals surface area contributed by atoms with Crippen LogP contribution >= 0.6 is 0 Å². The summed E-state index contributed by atoms with van der Waals surface area (Å²) in [4.78, 5) is 0. The van der Waals surface area contributed by atoms with Crippen LogP contribution in [0.1, 0.15) is 0 Å². The number of hydrogen-bond donors (Lipinski definition) is 0. The summed E-state index contributed by atoms with van der Waals surface area (Å²) in [5.74, 6) is -1.29. The molecule has 0 radical (unpaired) electrons. The van der Waals surface area contributed by atoms with Gasteiger partial charge in [-0.1, -0.05) is 71.0 Å². The van der Waals surface area contributed by atoms with Crippen LogP contribution in [0.5, 0.6) is 0 Å². The molecular formula is C15H13F3Si. The van der Waals surface area contributed by atoms with Crippen LogP contribution in [-0.4, -0.2) is 8.80 Å². The summed E-state index contributed by atoms with van der Waals surface area (Å²) in [6.07, 6.45) is -2.20. The smallest absolute Gasteiger partial charge is 0.206 e. The Morgan fingerprint density at radius 2 is 1.16 bits per heavy atom. The van der Waals surface area contributed by atoms with Gasteiger partial charge in [-0.05, 0) is 0 Å². The zero-order chi connectivity index (χ0) is 13.7. The standard InChI is InChI=1S/C15H13F3Si/c16-14(15(17)18)11-19(12-7-3-1-4-8-12)13-9-5-2-6-10-13/h1-10,19H,11H2. The third-order valence-electron chi connectivity index (χ3n) is 2.99. The lowest BCUT2D eigenvalue weighted by Crippen LogP contribution is -2.41. The zero-order valence-corrected chi connectivity index (χ0v) is 11.3. The van der Waals surface area contributed by atoms with Crippen LogP contribution in [0.3, 0.4) is 0 Å². The lowest BCUT2D eigenvalue weighted by molar-refractivity contribution is 0.380. The van der Waals surface area contributed by atoms with Gasteiger partial charge in [-0.2, -0.15) is 8.78 Å². The number of allylic oxidation sites excluding steroid dienone is 1. The van der Waals surface area contributed by atoms with Crippen LogP contribution < -0.4 is 10.4 Å². The van der Waals surface area contributed by atoms with Crippen LogP contribution in [0.2, 0.25) is 6.04 Å². The van der Waals surface area contributed by atoms with Crippen LogP contribution in [0.25, 0.3) is 0 Å². The minimum absolute atomic E-state index is 0.184. The van der Waals surface area contributed by atoms with Crippen LogP contribution in [-0.2, 0) is 0 Å². The van der Waals surface area contributed by atoms with Crippen molar-refractivity contribution < 1.29 is 13.2 Å². The van der Waals surface area contributed by atoms with Crippen molar-refractivity contribution in [3.63, 3.8) is 0 Å². The molecule has 0 saturated carbocycles. The predicted molar refractivity (Wildman–Crippen MR) is 74.5 cm³/mol. The first-order valence-corrected chi connectivity index (χ1v) is 7.95. The molecule has 0 aromatic heterocycles. The van der Waals surface area contributed by atoms with Gasteiger partial charge in [-0.15, -0.1) is 0 Å². The van der Waals surface area contributed by atoms with E-state index in [1.165, 1.54) is 0 Å². The second-order valence-electron chi connectivity index (χ2n) is 4.24. The minimum Gasteiger partial charge on any atom is -0.206 e. The molecule has 0 aliphatic rings. The molecule has 0 spiro atoms. The van der Waals surface area contributed by atoms with Gasteiger partial charge in [-0.25, -0.2) is 4.39 Å². The van der Waals surface area contributed by atoms with E-state index in [0.29, 0.717) is 0 Å². The number of rotatable bonds is 4. The Morgan fingerprint density at radius 3 is 1.53 bits per heavy atom. The van der Waals surface area contributed by atoms with Gasteiger partial charge in [0.2, 0.25) is 0 Å². The molecule has 2 aromatic rings. The summed E-state index contributed by atoms with van der Waals surface area (Å²) in [5, 5.41) is 1.93. The van der Waals surface area contributed by atoms with E-state index in [2.05, 4.69) is 0 Å². The van der Waals surface area contributed by atoms with Crippen molar-refractivity contribution in [3.8, 4) is 0 Å². The molecule has 0 saturated heterocycles. The molecule has 19 heavy (non-hydrogen) atoms. The maximum absolute atomic E-state index is 13.3. The molecule has 2 rings (SSSR count). The fourth-order valence-electron chi connectivity index (χ4n) is 2.06. The molecule has 4 heteroatoms. The van der Waals surface area contributed by atoms with Gasteiger partial charge < -0.3 is 0 Å². The SMILES string of the molecule is FC(F)=C(F)C[SiH](c1ccccc1)c1ccccc1. The summed E-state index contributed by atoms with van der Waals surface area (Å²) < 4.78 is 38.0. The molecule has 0 nitrogen and oxygen atoms in total. The molecule has 0 atom stereocenters. The average molecular weight is 278 g/mol. The number of hydrogen-bond acceptors (Lipinski definition) is 0. The van der Waals surface area contributed by atoms with E-state index in [1.807, 2.05) is 60.7 Å². The van der Waals surface area contributed by atoms with E-state index in [1.54, 1.807) is 0 Å². The highest BCUT2D eigenvalue weighted by Gasteiger charge is 2.20. The Labute approximate surface area is 111 Å². The van der Waals surface area contributed by atoms with Gasteiger partial charge in [0.1, 0.15) is 8.80 Å². The van der Waals surface area contributed by atoms with Crippen LogP contribution in [0.4, 0.5) is 13.2 Å². The van der Waals surface area contributed by atoms with Crippen molar-refractivity contribution in [1.29, 1.82) is 0 Å². The van der Waals surface area contributed by atoms with E-state index in [-0.39, 0.29) is 6.04 Å². The molecule has 0 N–H and O–H groups in total. The normalized spacial score (nSPS) is 10.5. The summed E-state index contributed by atoms with van der Waals surface area (Å²) >= 11 is 0. The van der Waals surface area contributed by atoms with Gasteiger partial charge in [0.15, 0.2) is 5.83 Å². The molecule has 0 unspecified atom stereocenters. The van der Waals surface area contributed by atoms with Crippen molar-refractivity contribution >= 4 is 19.2 Å². The van der Waals surface area contributed by atoms with Crippen LogP contribution in [0, 0.1) is 0 Å². The Morgan fingerprint density at radius 1 is 0.737 bits per heavy atom. The zero-order valence-electron chi connectivity index (χ0n) is 10.2. The lowest BCUT2D eigenvalue weighted by Gasteiger charge is -2.15. The molecule has 0 fully saturated rings. The topological polar surface area (TPSA) is 0 Å². The highest BCUT2D eigenvalue weighted by molar-refractivity contribution is 6.85. The predicted octanol–water partition coefficient (Wildman–Crippen LogP) is 3.11. The Kier molecular flexibility index (Phi) is 4.57. The second-order valence-corrected chi connectivity index (χ2v) is 7.09. The molecule has 0 heterocycles. The van der Waals surface area contributed by atoms with E-state index >= 15 is 0 Å². The first-order valence-electron chi connectivity index (χ1n) is 5.98. The maximum Gasteiger partial charge on any atom is 0.301 e. The molecule has 0 amide bonds. The average Bonchev–Trinajstić information content (AvgIpc) is 2.46. The summed E-state index contributed by atoms with van der Waals surface area (Å²) in [5.41, 5.74) is 0. The highest BCUT2D eigenvalue weighted by Crippen LogP contribution is 2.16. The first kappa shape index (κ1) is 13.6. The van der Waals surface area contributed by atoms with Crippen molar-refractivity contribution in [2.45, 2.75) is 6.04 Å². The van der Waals surface area contributed by atoms with E-state index in [0.717, 1.165) is 10.4 Å². The largest absolute Gasteiger partial charge is 0.301 e. The van der Waals surface area contributed by atoms with Crippen molar-refractivity contribution in [1.82, 2.24) is 0 Å². The Hall–Kier alpha value is -1.81. The quantitative estimate of drug-likeness (QED) is 0.754. The summed E-state index contributed by atoms with van der Waals surface area (Å²) in [6.45, 7) is 0. The van der Waals surface area contributed by atoms with E-state index in [9.17, 15) is 13.2 Å². The highest BCUT2D eigenvalue weighted by atomic mass is 28.3. The number of halogens is 3. The van der Waals surface area contributed by atoms with E-state index < -0.39 is 20.7 Å². The van der Waals surface area contributed by atoms with Crippen LogP contribution in [0.15, 0.2) is 72.6 Å². The fraction of sp³-hybridized carbons (Fsp3) is 0.0667. The van der Waals surface area contributed by atoms with Crippen molar-refractivity contribution in [3.05, 3.63) is 72.6 Å². The second kappa shape index (κ2) is 6.38. The van der Waals surface area contributed by atoms with Gasteiger partial charge in [0.05, 0.1) is 0 Å². The third kappa shape index (κ3) is 3.58. The van der Waals surface area contributed by atoms with Gasteiger partial charge in [-0.3, -0.25) is 0 Å². The third-order valence-corrected chi connectivity index (χ3v) is 6.14. The molecule has 0 bridgehead atoms. The molecule has 0 aliphatic carbocycles. The Balaban J connectivity index is 2.38. The maximum atomic E-state index is 13.3. The monoisotopic (exact) mass is 278 g/mol. The molecular weight excluding hydrogens is 265 g/mol. The fourth-order valence-corrected chi connectivity index (χ4v) is 4.80. The molecule has 2 aromatic carbocycles. The first-order chi connectivity index (χ1) is 9.18. The van der Waals surface area contributed by atoms with Gasteiger partial charge in [0, 0.05) is 6.04 Å². The lowest BCUT2D eigenvalue weighted by atomic mass is 10.4. The molecule has 0 aliphatic heterocycles.